The van der Waals surface area contributed by atoms with Gasteiger partial charge in [-0.15, -0.1) is 0 Å². The van der Waals surface area contributed by atoms with Gasteiger partial charge >= 0.3 is 0 Å². The van der Waals surface area contributed by atoms with Gasteiger partial charge in [0.1, 0.15) is 18.1 Å². The fourth-order valence-corrected chi connectivity index (χ4v) is 2.23. The minimum absolute atomic E-state index is 0.397. The van der Waals surface area contributed by atoms with Crippen LogP contribution in [0.5, 0.6) is 5.75 Å². The quantitative estimate of drug-likeness (QED) is 0.671. The second kappa shape index (κ2) is 4.98. The summed E-state index contributed by atoms with van der Waals surface area (Å²) < 4.78 is 11.4. The Bertz CT molecular complexity index is 716. The molecule has 2 nitrogen and oxygen atoms in total. The Morgan fingerprint density at radius 1 is 1.11 bits per heavy atom. The molecule has 0 aliphatic rings. The number of hydrogen-bond acceptors (Lipinski definition) is 2. The second-order valence-corrected chi connectivity index (χ2v) is 4.88. The van der Waals surface area contributed by atoms with Crippen molar-refractivity contribution in [3.05, 3.63) is 64.9 Å². The first-order valence-electron chi connectivity index (χ1n) is 6.09. The van der Waals surface area contributed by atoms with Gasteiger partial charge in [-0.25, -0.2) is 0 Å². The van der Waals surface area contributed by atoms with E-state index in [1.54, 1.807) is 0 Å². The SMILES string of the molecule is Cc1cccc(OCc2cc3cccc(Cl)c3o2)c1. The van der Waals surface area contributed by atoms with Crippen LogP contribution in [0, 0.1) is 6.92 Å². The Hall–Kier alpha value is -1.93. The first kappa shape index (κ1) is 12.1. The molecule has 0 saturated carbocycles. The number of furan rings is 1. The molecule has 96 valence electrons. The number of hydrogen-bond donors (Lipinski definition) is 0. The van der Waals surface area contributed by atoms with Crippen LogP contribution in [0.4, 0.5) is 0 Å². The van der Waals surface area contributed by atoms with Gasteiger partial charge in [-0.1, -0.05) is 35.9 Å². The lowest BCUT2D eigenvalue weighted by Gasteiger charge is -2.04. The smallest absolute Gasteiger partial charge is 0.153 e. The largest absolute Gasteiger partial charge is 0.486 e. The number of rotatable bonds is 3. The van der Waals surface area contributed by atoms with E-state index < -0.39 is 0 Å². The molecule has 0 N–H and O–H groups in total. The van der Waals surface area contributed by atoms with Crippen LogP contribution in [0.1, 0.15) is 11.3 Å². The first-order chi connectivity index (χ1) is 9.22. The van der Waals surface area contributed by atoms with Gasteiger partial charge in [0.25, 0.3) is 0 Å². The summed E-state index contributed by atoms with van der Waals surface area (Å²) in [5.41, 5.74) is 1.89. The summed E-state index contributed by atoms with van der Waals surface area (Å²) in [5.74, 6) is 1.61. The molecule has 0 atom stereocenters. The van der Waals surface area contributed by atoms with E-state index in [9.17, 15) is 0 Å². The van der Waals surface area contributed by atoms with E-state index in [1.807, 2.05) is 55.5 Å². The maximum absolute atomic E-state index is 6.07. The van der Waals surface area contributed by atoms with Crippen LogP contribution in [0.15, 0.2) is 52.9 Å². The van der Waals surface area contributed by atoms with Crippen LogP contribution < -0.4 is 4.74 Å². The van der Waals surface area contributed by atoms with Crippen molar-refractivity contribution in [2.75, 3.05) is 0 Å². The lowest BCUT2D eigenvalue weighted by atomic mass is 10.2. The van der Waals surface area contributed by atoms with E-state index in [-0.39, 0.29) is 0 Å². The van der Waals surface area contributed by atoms with Crippen LogP contribution in [0.25, 0.3) is 11.0 Å². The number of ether oxygens (including phenoxy) is 1. The average Bonchev–Trinajstić information content (AvgIpc) is 2.81. The molecule has 0 spiro atoms. The Morgan fingerprint density at radius 3 is 2.74 bits per heavy atom. The van der Waals surface area contributed by atoms with Crippen LogP contribution in [0.2, 0.25) is 5.02 Å². The lowest BCUT2D eigenvalue weighted by Crippen LogP contribution is -1.93. The molecule has 0 aliphatic carbocycles. The van der Waals surface area contributed by atoms with E-state index >= 15 is 0 Å². The number of aryl methyl sites for hydroxylation is 1. The molecule has 0 bridgehead atoms. The summed E-state index contributed by atoms with van der Waals surface area (Å²) in [6.45, 7) is 2.43. The van der Waals surface area contributed by atoms with Gasteiger partial charge in [-0.05, 0) is 36.8 Å². The summed E-state index contributed by atoms with van der Waals surface area (Å²) in [6, 6.07) is 15.6. The zero-order valence-electron chi connectivity index (χ0n) is 10.5. The Labute approximate surface area is 116 Å². The van der Waals surface area contributed by atoms with Crippen molar-refractivity contribution in [3.8, 4) is 5.75 Å². The molecule has 3 aromatic rings. The van der Waals surface area contributed by atoms with E-state index in [4.69, 9.17) is 20.8 Å². The van der Waals surface area contributed by atoms with E-state index in [1.165, 1.54) is 5.56 Å². The third kappa shape index (κ3) is 2.59. The van der Waals surface area contributed by atoms with Gasteiger partial charge in [0.05, 0.1) is 5.02 Å². The predicted molar refractivity (Wildman–Crippen MR) is 76.7 cm³/mol. The van der Waals surface area contributed by atoms with Crippen LogP contribution >= 0.6 is 11.6 Å². The number of fused-ring (bicyclic) bond motifs is 1. The molecule has 1 heterocycles. The molecule has 1 aromatic heterocycles. The minimum Gasteiger partial charge on any atom is -0.486 e. The van der Waals surface area contributed by atoms with Gasteiger partial charge in [-0.3, -0.25) is 0 Å². The van der Waals surface area contributed by atoms with Crippen LogP contribution in [-0.2, 0) is 6.61 Å². The Morgan fingerprint density at radius 2 is 1.95 bits per heavy atom. The minimum atomic E-state index is 0.397. The van der Waals surface area contributed by atoms with Crippen molar-refractivity contribution in [2.24, 2.45) is 0 Å². The summed E-state index contributed by atoms with van der Waals surface area (Å²) in [6.07, 6.45) is 0. The molecule has 0 fully saturated rings. The molecule has 19 heavy (non-hydrogen) atoms. The molecule has 2 aromatic carbocycles. The molecule has 0 aliphatic heterocycles. The number of halogens is 1. The highest BCUT2D eigenvalue weighted by molar-refractivity contribution is 6.34. The summed E-state index contributed by atoms with van der Waals surface area (Å²) in [4.78, 5) is 0. The fourth-order valence-electron chi connectivity index (χ4n) is 2.01. The highest BCUT2D eigenvalue weighted by Crippen LogP contribution is 2.27. The maximum atomic E-state index is 6.07. The molecule has 3 heteroatoms. The van der Waals surface area contributed by atoms with Crippen molar-refractivity contribution in [1.29, 1.82) is 0 Å². The highest BCUT2D eigenvalue weighted by Gasteiger charge is 2.07. The summed E-state index contributed by atoms with van der Waals surface area (Å²) in [7, 11) is 0. The van der Waals surface area contributed by atoms with Gasteiger partial charge in [-0.2, -0.15) is 0 Å². The van der Waals surface area contributed by atoms with Crippen molar-refractivity contribution >= 4 is 22.6 Å². The second-order valence-electron chi connectivity index (χ2n) is 4.48. The third-order valence-electron chi connectivity index (χ3n) is 2.92. The fraction of sp³-hybridized carbons (Fsp3) is 0.125. The topological polar surface area (TPSA) is 22.4 Å². The van der Waals surface area contributed by atoms with Gasteiger partial charge < -0.3 is 9.15 Å². The van der Waals surface area contributed by atoms with Crippen LogP contribution in [0.3, 0.4) is 0 Å². The normalized spacial score (nSPS) is 10.8. The monoisotopic (exact) mass is 272 g/mol. The molecule has 0 amide bonds. The number of para-hydroxylation sites is 1. The maximum Gasteiger partial charge on any atom is 0.153 e. The number of benzene rings is 2. The van der Waals surface area contributed by atoms with Gasteiger partial charge in [0.15, 0.2) is 5.58 Å². The van der Waals surface area contributed by atoms with E-state index in [0.717, 1.165) is 16.9 Å². The van der Waals surface area contributed by atoms with Crippen molar-refractivity contribution < 1.29 is 9.15 Å². The van der Waals surface area contributed by atoms with E-state index in [2.05, 4.69) is 0 Å². The standard InChI is InChI=1S/C16H13ClO2/c1-11-4-2-6-13(8-11)18-10-14-9-12-5-3-7-15(17)16(12)19-14/h2-9H,10H2,1H3. The van der Waals surface area contributed by atoms with Gasteiger partial charge in [0.2, 0.25) is 0 Å². The van der Waals surface area contributed by atoms with Crippen molar-refractivity contribution in [3.63, 3.8) is 0 Å². The molecule has 0 unspecified atom stereocenters. The summed E-state index contributed by atoms with van der Waals surface area (Å²) in [5, 5.41) is 1.62. The molecular weight excluding hydrogens is 260 g/mol. The van der Waals surface area contributed by atoms with Gasteiger partial charge in [0, 0.05) is 5.39 Å². The lowest BCUT2D eigenvalue weighted by molar-refractivity contribution is 0.274. The zero-order chi connectivity index (χ0) is 13.2. The molecule has 3 rings (SSSR count). The predicted octanol–water partition coefficient (Wildman–Crippen LogP) is 4.97. The summed E-state index contributed by atoms with van der Waals surface area (Å²) >= 11 is 6.07. The van der Waals surface area contributed by atoms with Crippen molar-refractivity contribution in [1.82, 2.24) is 0 Å². The van der Waals surface area contributed by atoms with Crippen LogP contribution in [-0.4, -0.2) is 0 Å². The van der Waals surface area contributed by atoms with Crippen molar-refractivity contribution in [2.45, 2.75) is 13.5 Å². The molecule has 0 radical (unpaired) electrons. The van der Waals surface area contributed by atoms with E-state index in [0.29, 0.717) is 17.2 Å². The molecule has 0 saturated heterocycles. The molecular formula is C16H13ClO2. The third-order valence-corrected chi connectivity index (χ3v) is 3.22. The average molecular weight is 273 g/mol. The Kier molecular flexibility index (Phi) is 3.18. The first-order valence-corrected chi connectivity index (χ1v) is 6.46. The Balaban J connectivity index is 1.80. The zero-order valence-corrected chi connectivity index (χ0v) is 11.3. The highest BCUT2D eigenvalue weighted by atomic mass is 35.5.